The smallest absolute Gasteiger partial charge is 0.329 e. The van der Waals surface area contributed by atoms with Gasteiger partial charge < -0.3 is 39.5 Å². The van der Waals surface area contributed by atoms with Gasteiger partial charge in [-0.3, -0.25) is 18.7 Å². The number of amides is 2. The van der Waals surface area contributed by atoms with Gasteiger partial charge in [0.15, 0.2) is 0 Å². The van der Waals surface area contributed by atoms with Crippen LogP contribution in [0.4, 0.5) is 15.8 Å². The minimum atomic E-state index is -0.520. The van der Waals surface area contributed by atoms with E-state index >= 15 is 0 Å². The number of aromatic nitrogens is 2. The Morgan fingerprint density at radius 3 is 1.73 bits per heavy atom. The van der Waals surface area contributed by atoms with E-state index in [2.05, 4.69) is 15.5 Å². The number of ether oxygens (including phenoxy) is 2. The minimum absolute atomic E-state index is 0.0626. The van der Waals surface area contributed by atoms with E-state index in [4.69, 9.17) is 9.47 Å². The molecule has 1 aromatic heterocycles. The first-order valence-corrected chi connectivity index (χ1v) is 19.8. The van der Waals surface area contributed by atoms with Crippen molar-refractivity contribution in [2.24, 2.45) is 0 Å². The second-order valence-electron chi connectivity index (χ2n) is 14.2. The van der Waals surface area contributed by atoms with Crippen molar-refractivity contribution in [3.8, 4) is 11.5 Å². The third-order valence-corrected chi connectivity index (χ3v) is 9.39. The maximum absolute atomic E-state index is 13.6. The van der Waals surface area contributed by atoms with Crippen LogP contribution in [0.5, 0.6) is 11.5 Å². The van der Waals surface area contributed by atoms with E-state index in [1.807, 2.05) is 130 Å². The van der Waals surface area contributed by atoms with E-state index in [-0.39, 0.29) is 36.6 Å². The lowest BCUT2D eigenvalue weighted by Gasteiger charge is -2.14. The van der Waals surface area contributed by atoms with Crippen LogP contribution in [0.3, 0.4) is 0 Å². The minimum Gasteiger partial charge on any atom is -0.497 e. The molecule has 328 valence electrons. The van der Waals surface area contributed by atoms with Gasteiger partial charge in [-0.1, -0.05) is 60.7 Å². The summed E-state index contributed by atoms with van der Waals surface area (Å²) >= 11 is 0. The summed E-state index contributed by atoms with van der Waals surface area (Å²) in [4.78, 5) is 60.2. The Balaban J connectivity index is 0.000000244. The number of nitrogens with one attached hydrogen (secondary N) is 2. The highest BCUT2D eigenvalue weighted by Gasteiger charge is 2.17. The summed E-state index contributed by atoms with van der Waals surface area (Å²) in [5.74, 6) is 0.820. The molecule has 13 nitrogen and oxygen atoms in total. The highest BCUT2D eigenvalue weighted by molar-refractivity contribution is 5.81. The van der Waals surface area contributed by atoms with E-state index in [1.54, 1.807) is 28.3 Å². The summed E-state index contributed by atoms with van der Waals surface area (Å²) < 4.78 is 26.1. The zero-order valence-electron chi connectivity index (χ0n) is 36.4. The summed E-state index contributed by atoms with van der Waals surface area (Å²) in [5.41, 5.74) is 4.49. The van der Waals surface area contributed by atoms with Gasteiger partial charge in [-0.05, 0) is 105 Å². The number of rotatable bonds is 16. The van der Waals surface area contributed by atoms with Crippen LogP contribution < -0.4 is 35.6 Å². The zero-order chi connectivity index (χ0) is 45.4. The number of carbonyl (C=O) groups excluding carboxylic acids is 4. The van der Waals surface area contributed by atoms with Crippen LogP contribution in [-0.4, -0.2) is 88.5 Å². The molecule has 0 radical (unpaired) electrons. The Hall–Kier alpha value is -7.06. The van der Waals surface area contributed by atoms with Gasteiger partial charge in [0.05, 0.1) is 37.8 Å². The lowest BCUT2D eigenvalue weighted by Crippen LogP contribution is -2.38. The lowest BCUT2D eigenvalue weighted by atomic mass is 10.1. The predicted octanol–water partition coefficient (Wildman–Crippen LogP) is 5.95. The van der Waals surface area contributed by atoms with Crippen LogP contribution in [0.2, 0.25) is 0 Å². The number of hydrogen-bond acceptors (Lipinski definition) is 9. The molecule has 62 heavy (non-hydrogen) atoms. The molecule has 2 amide bonds. The largest absolute Gasteiger partial charge is 0.497 e. The van der Waals surface area contributed by atoms with Crippen molar-refractivity contribution in [3.05, 3.63) is 155 Å². The first kappa shape index (κ1) is 49.3. The van der Waals surface area contributed by atoms with Gasteiger partial charge in [-0.2, -0.15) is 0 Å². The van der Waals surface area contributed by atoms with Gasteiger partial charge in [0, 0.05) is 38.6 Å². The Labute approximate surface area is 362 Å². The number of carbonyl (C=O) groups is 4. The fraction of sp³-hybridized carbons (Fsp3) is 0.271. The number of imidazole rings is 1. The second kappa shape index (κ2) is 26.2. The Kier molecular flexibility index (Phi) is 20.8. The van der Waals surface area contributed by atoms with Crippen molar-refractivity contribution in [3.63, 3.8) is 0 Å². The summed E-state index contributed by atoms with van der Waals surface area (Å²) in [6, 6.07) is 38.6. The van der Waals surface area contributed by atoms with Crippen LogP contribution in [0.25, 0.3) is 11.0 Å². The molecule has 0 fully saturated rings. The average Bonchev–Trinajstić information content (AvgIpc) is 3.54. The molecule has 1 unspecified atom stereocenters. The number of aldehydes is 2. The van der Waals surface area contributed by atoms with Crippen molar-refractivity contribution < 1.29 is 33.0 Å². The maximum Gasteiger partial charge on any atom is 0.329 e. The molecular weight excluding hydrogens is 792 g/mol. The lowest BCUT2D eigenvalue weighted by molar-refractivity contribution is -0.122. The van der Waals surface area contributed by atoms with Gasteiger partial charge in [0.25, 0.3) is 0 Å². The molecule has 14 heteroatoms. The predicted molar refractivity (Wildman–Crippen MR) is 244 cm³/mol. The van der Waals surface area contributed by atoms with E-state index < -0.39 is 11.5 Å². The van der Waals surface area contributed by atoms with Crippen molar-refractivity contribution in [2.75, 3.05) is 52.2 Å². The molecular formula is C48H57FN6O7. The monoisotopic (exact) mass is 848 g/mol. The van der Waals surface area contributed by atoms with Crippen molar-refractivity contribution >= 4 is 47.3 Å². The van der Waals surface area contributed by atoms with Crippen LogP contribution in [-0.2, 0) is 45.1 Å². The fourth-order valence-corrected chi connectivity index (χ4v) is 6.02. The maximum atomic E-state index is 13.6. The number of anilines is 2. The molecule has 0 aliphatic carbocycles. The molecule has 0 aliphatic heterocycles. The molecule has 1 heterocycles. The Bertz CT molecular complexity index is 2320. The van der Waals surface area contributed by atoms with Crippen LogP contribution >= 0.6 is 0 Å². The van der Waals surface area contributed by atoms with Gasteiger partial charge in [0.1, 0.15) is 36.4 Å². The highest BCUT2D eigenvalue weighted by atomic mass is 19.1. The molecule has 0 saturated heterocycles. The van der Waals surface area contributed by atoms with E-state index in [9.17, 15) is 28.4 Å². The summed E-state index contributed by atoms with van der Waals surface area (Å²) in [7, 11) is 10.8. The molecule has 5 aromatic carbocycles. The van der Waals surface area contributed by atoms with Crippen molar-refractivity contribution in [2.45, 2.75) is 44.9 Å². The molecule has 0 saturated carbocycles. The number of fused-ring (bicyclic) bond motifs is 1. The molecule has 0 bridgehead atoms. The third-order valence-electron chi connectivity index (χ3n) is 9.39. The average molecular weight is 849 g/mol. The number of nitrogens with zero attached hydrogens (tertiary/aromatic N) is 4. The van der Waals surface area contributed by atoms with Crippen molar-refractivity contribution in [1.29, 1.82) is 0 Å². The molecule has 0 aliphatic rings. The number of likely N-dealkylation sites (N-methyl/N-ethyl adjacent to an activating group) is 1. The van der Waals surface area contributed by atoms with Gasteiger partial charge >= 0.3 is 5.69 Å². The first-order chi connectivity index (χ1) is 29.9. The SMILES string of the molecule is CC(Cc1ccccc1)NC(=O)Cn1c(=O)n(CC=O)c2ccc(F)cc21.CN[C@H](C=O)Cc1ccccc1.COc1ccc(N(C)C)cc1.COc1ccc(N(C)C=O)cc1. The molecule has 6 rings (SSSR count). The number of methoxy groups -OCH3 is 2. The first-order valence-electron chi connectivity index (χ1n) is 19.8. The van der Waals surface area contributed by atoms with E-state index in [0.29, 0.717) is 18.2 Å². The second-order valence-corrected chi connectivity index (χ2v) is 14.2. The van der Waals surface area contributed by atoms with Gasteiger partial charge in [-0.15, -0.1) is 0 Å². The standard InChI is InChI=1S/C20H20FN3O3.C10H13NO.C9H11NO2.C9H13NO/c1-14(11-15-5-3-2-4-6-15)22-19(26)13-24-18-12-16(21)7-8-17(18)23(9-10-25)20(24)27;1-11-10(8-12)7-9-5-3-2-4-6-9;1-10(7-11)8-3-5-9(12-2)6-4-8;1-10(2)8-4-6-9(11-3)7-5-8/h2-8,10,12,14H,9,11,13H2,1H3,(H,22,26);2-6,8,10-11H,7H2,1H3;3-7H,1-2H3;4-7H,1-3H3/t;10-;;/m.0../s1. The normalized spacial score (nSPS) is 11.1. The fourth-order valence-electron chi connectivity index (χ4n) is 6.02. The summed E-state index contributed by atoms with van der Waals surface area (Å²) in [5, 5.41) is 5.79. The van der Waals surface area contributed by atoms with E-state index in [0.717, 1.165) is 41.9 Å². The Morgan fingerprint density at radius 1 is 0.726 bits per heavy atom. The van der Waals surface area contributed by atoms with Crippen LogP contribution in [0, 0.1) is 5.82 Å². The summed E-state index contributed by atoms with van der Waals surface area (Å²) in [6.45, 7) is 1.48. The number of benzene rings is 5. The number of halogens is 1. The van der Waals surface area contributed by atoms with Gasteiger partial charge in [0.2, 0.25) is 12.3 Å². The third kappa shape index (κ3) is 15.8. The molecule has 0 spiro atoms. The topological polar surface area (TPSA) is 144 Å². The summed E-state index contributed by atoms with van der Waals surface area (Å²) in [6.07, 6.45) is 3.72. The number of hydrogen-bond donors (Lipinski definition) is 2. The van der Waals surface area contributed by atoms with E-state index in [1.165, 1.54) is 43.5 Å². The van der Waals surface area contributed by atoms with Gasteiger partial charge in [-0.25, -0.2) is 9.18 Å². The Morgan fingerprint density at radius 2 is 1.26 bits per heavy atom. The zero-order valence-corrected chi connectivity index (χ0v) is 36.4. The molecule has 6 aromatic rings. The van der Waals surface area contributed by atoms with Crippen LogP contribution in [0.15, 0.2) is 132 Å². The quantitative estimate of drug-likeness (QED) is 0.113. The molecule has 2 atom stereocenters. The van der Waals surface area contributed by atoms with Crippen molar-refractivity contribution in [1.82, 2.24) is 19.8 Å². The molecule has 2 N–H and O–H groups in total. The van der Waals surface area contributed by atoms with Crippen LogP contribution in [0.1, 0.15) is 18.1 Å². The highest BCUT2D eigenvalue weighted by Crippen LogP contribution is 2.18.